The Morgan fingerprint density at radius 3 is 2.70 bits per heavy atom. The lowest BCUT2D eigenvalue weighted by molar-refractivity contribution is -0.133. The Kier molecular flexibility index (Phi) is 6.80. The van der Waals surface area contributed by atoms with E-state index in [0.717, 1.165) is 45.2 Å². The van der Waals surface area contributed by atoms with Gasteiger partial charge in [-0.3, -0.25) is 9.69 Å². The molecule has 2 aliphatic rings. The quantitative estimate of drug-likeness (QED) is 0.753. The molecule has 0 aromatic rings. The topological polar surface area (TPSA) is 35.6 Å². The van der Waals surface area contributed by atoms with Gasteiger partial charge in [-0.2, -0.15) is 0 Å². The molecule has 1 atom stereocenters. The number of carbonyl (C=O) groups is 1. The molecular formula is C16H31N3O. The summed E-state index contributed by atoms with van der Waals surface area (Å²) in [6, 6.07) is 0. The molecule has 116 valence electrons. The van der Waals surface area contributed by atoms with Gasteiger partial charge in [0.1, 0.15) is 0 Å². The first-order valence-corrected chi connectivity index (χ1v) is 8.50. The van der Waals surface area contributed by atoms with Crippen molar-refractivity contribution in [2.24, 2.45) is 5.92 Å². The van der Waals surface area contributed by atoms with Crippen LogP contribution in [0.3, 0.4) is 0 Å². The van der Waals surface area contributed by atoms with Crippen LogP contribution in [0.25, 0.3) is 0 Å². The molecule has 1 unspecified atom stereocenters. The largest absolute Gasteiger partial charge is 0.342 e. The first-order valence-electron chi connectivity index (χ1n) is 8.50. The van der Waals surface area contributed by atoms with Crippen LogP contribution < -0.4 is 5.32 Å². The molecule has 0 aliphatic carbocycles. The van der Waals surface area contributed by atoms with Crippen LogP contribution in [-0.4, -0.2) is 61.5 Å². The average molecular weight is 281 g/mol. The van der Waals surface area contributed by atoms with Gasteiger partial charge in [-0.25, -0.2) is 0 Å². The lowest BCUT2D eigenvalue weighted by atomic mass is 9.98. The number of nitrogens with one attached hydrogen (secondary N) is 1. The molecule has 0 aromatic heterocycles. The summed E-state index contributed by atoms with van der Waals surface area (Å²) in [7, 11) is 0. The molecule has 20 heavy (non-hydrogen) atoms. The van der Waals surface area contributed by atoms with Crippen LogP contribution in [0.4, 0.5) is 0 Å². The zero-order chi connectivity index (χ0) is 14.2. The summed E-state index contributed by atoms with van der Waals surface area (Å²) in [5.74, 6) is 1.08. The maximum Gasteiger partial charge on any atom is 0.236 e. The fraction of sp³-hybridized carbons (Fsp3) is 0.938. The summed E-state index contributed by atoms with van der Waals surface area (Å²) >= 11 is 0. The van der Waals surface area contributed by atoms with Gasteiger partial charge < -0.3 is 10.2 Å². The molecular weight excluding hydrogens is 250 g/mol. The van der Waals surface area contributed by atoms with E-state index in [1.54, 1.807) is 0 Å². The van der Waals surface area contributed by atoms with Gasteiger partial charge in [-0.1, -0.05) is 6.92 Å². The van der Waals surface area contributed by atoms with Gasteiger partial charge in [0.25, 0.3) is 0 Å². The third-order valence-electron chi connectivity index (χ3n) is 4.53. The molecule has 4 heteroatoms. The molecule has 1 amide bonds. The highest BCUT2D eigenvalue weighted by atomic mass is 16.2. The maximum absolute atomic E-state index is 12.3. The first-order chi connectivity index (χ1) is 9.79. The molecule has 2 fully saturated rings. The summed E-state index contributed by atoms with van der Waals surface area (Å²) in [6.45, 7) is 9.23. The van der Waals surface area contributed by atoms with E-state index in [4.69, 9.17) is 0 Å². The standard InChI is InChI=1S/C16H31N3O/c1-2-8-17-12-15-7-6-9-18(13-15)14-16(20)19-10-4-3-5-11-19/h15,17H,2-14H2,1H3. The number of likely N-dealkylation sites (tertiary alicyclic amines) is 2. The SMILES string of the molecule is CCCNCC1CCCN(CC(=O)N2CCCCC2)C1. The highest BCUT2D eigenvalue weighted by Gasteiger charge is 2.24. The minimum atomic E-state index is 0.354. The van der Waals surface area contributed by atoms with E-state index in [0.29, 0.717) is 12.5 Å². The van der Waals surface area contributed by atoms with Crippen molar-refractivity contribution < 1.29 is 4.79 Å². The fourth-order valence-electron chi connectivity index (χ4n) is 3.38. The van der Waals surface area contributed by atoms with Crippen LogP contribution >= 0.6 is 0 Å². The van der Waals surface area contributed by atoms with Crippen molar-refractivity contribution in [2.45, 2.75) is 45.4 Å². The second kappa shape index (κ2) is 8.63. The minimum absolute atomic E-state index is 0.354. The van der Waals surface area contributed by atoms with E-state index in [2.05, 4.69) is 22.0 Å². The van der Waals surface area contributed by atoms with Crippen molar-refractivity contribution in [2.75, 3.05) is 45.8 Å². The molecule has 0 radical (unpaired) electrons. The summed E-state index contributed by atoms with van der Waals surface area (Å²) < 4.78 is 0. The van der Waals surface area contributed by atoms with E-state index >= 15 is 0 Å². The highest BCUT2D eigenvalue weighted by molar-refractivity contribution is 5.78. The predicted molar refractivity (Wildman–Crippen MR) is 82.8 cm³/mol. The lowest BCUT2D eigenvalue weighted by Crippen LogP contribution is -2.47. The highest BCUT2D eigenvalue weighted by Crippen LogP contribution is 2.16. The zero-order valence-corrected chi connectivity index (χ0v) is 13.1. The van der Waals surface area contributed by atoms with Gasteiger partial charge in [-0.05, 0) is 64.1 Å². The van der Waals surface area contributed by atoms with Gasteiger partial charge in [0.15, 0.2) is 0 Å². The zero-order valence-electron chi connectivity index (χ0n) is 13.1. The molecule has 2 aliphatic heterocycles. The Morgan fingerprint density at radius 2 is 1.95 bits per heavy atom. The average Bonchev–Trinajstić information content (AvgIpc) is 2.49. The minimum Gasteiger partial charge on any atom is -0.342 e. The molecule has 0 aromatic carbocycles. The van der Waals surface area contributed by atoms with Gasteiger partial charge in [0.2, 0.25) is 5.91 Å². The Hall–Kier alpha value is -0.610. The predicted octanol–water partition coefficient (Wildman–Crippen LogP) is 1.71. The number of piperidine rings is 2. The van der Waals surface area contributed by atoms with Crippen LogP contribution in [0.15, 0.2) is 0 Å². The van der Waals surface area contributed by atoms with E-state index < -0.39 is 0 Å². The smallest absolute Gasteiger partial charge is 0.236 e. The van der Waals surface area contributed by atoms with Crippen molar-refractivity contribution in [1.29, 1.82) is 0 Å². The molecule has 1 N–H and O–H groups in total. The second-order valence-corrected chi connectivity index (χ2v) is 6.39. The molecule has 2 rings (SSSR count). The van der Waals surface area contributed by atoms with E-state index in [1.165, 1.54) is 38.5 Å². The second-order valence-electron chi connectivity index (χ2n) is 6.39. The Morgan fingerprint density at radius 1 is 1.15 bits per heavy atom. The van der Waals surface area contributed by atoms with Crippen LogP contribution in [0.1, 0.15) is 45.4 Å². The number of hydrogen-bond donors (Lipinski definition) is 1. The number of rotatable bonds is 6. The van der Waals surface area contributed by atoms with Crippen LogP contribution in [0, 0.1) is 5.92 Å². The summed E-state index contributed by atoms with van der Waals surface area (Å²) in [4.78, 5) is 16.7. The van der Waals surface area contributed by atoms with Crippen molar-refractivity contribution in [1.82, 2.24) is 15.1 Å². The molecule has 2 heterocycles. The van der Waals surface area contributed by atoms with Crippen molar-refractivity contribution in [3.63, 3.8) is 0 Å². The summed E-state index contributed by atoms with van der Waals surface area (Å²) in [5, 5.41) is 3.52. The number of hydrogen-bond acceptors (Lipinski definition) is 3. The summed E-state index contributed by atoms with van der Waals surface area (Å²) in [6.07, 6.45) is 7.42. The number of amides is 1. The molecule has 0 spiro atoms. The maximum atomic E-state index is 12.3. The van der Waals surface area contributed by atoms with Crippen molar-refractivity contribution in [3.05, 3.63) is 0 Å². The van der Waals surface area contributed by atoms with Gasteiger partial charge in [0, 0.05) is 19.6 Å². The van der Waals surface area contributed by atoms with Gasteiger partial charge in [0.05, 0.1) is 6.54 Å². The number of nitrogens with zero attached hydrogens (tertiary/aromatic N) is 2. The van der Waals surface area contributed by atoms with Crippen LogP contribution in [0.2, 0.25) is 0 Å². The lowest BCUT2D eigenvalue weighted by Gasteiger charge is -2.34. The van der Waals surface area contributed by atoms with Gasteiger partial charge in [-0.15, -0.1) is 0 Å². The Balaban J connectivity index is 1.70. The molecule has 2 saturated heterocycles. The van der Waals surface area contributed by atoms with E-state index in [9.17, 15) is 4.79 Å². The van der Waals surface area contributed by atoms with Crippen molar-refractivity contribution in [3.8, 4) is 0 Å². The normalized spacial score (nSPS) is 24.9. The van der Waals surface area contributed by atoms with E-state index in [-0.39, 0.29) is 0 Å². The molecule has 0 saturated carbocycles. The third-order valence-corrected chi connectivity index (χ3v) is 4.53. The third kappa shape index (κ3) is 5.06. The number of carbonyl (C=O) groups excluding carboxylic acids is 1. The van der Waals surface area contributed by atoms with E-state index in [1.807, 2.05) is 0 Å². The Bertz CT molecular complexity index is 289. The molecule has 0 bridgehead atoms. The first kappa shape index (κ1) is 15.8. The van der Waals surface area contributed by atoms with Gasteiger partial charge >= 0.3 is 0 Å². The van der Waals surface area contributed by atoms with Crippen molar-refractivity contribution >= 4 is 5.91 Å². The molecule has 4 nitrogen and oxygen atoms in total. The fourth-order valence-corrected chi connectivity index (χ4v) is 3.38. The van der Waals surface area contributed by atoms with Crippen LogP contribution in [-0.2, 0) is 4.79 Å². The van der Waals surface area contributed by atoms with Crippen LogP contribution in [0.5, 0.6) is 0 Å². The summed E-state index contributed by atoms with van der Waals surface area (Å²) in [5.41, 5.74) is 0. The Labute approximate surface area is 123 Å². The monoisotopic (exact) mass is 281 g/mol.